The standard InChI is InChI=1S/C33H38FN5O4S/c1-22-3-8-29(34)28(17-22)30-21-38(25-11-15-43-16-12-25)33(41)39(30)26-9-13-37(14-10-26)20-23-18-35-32(36-19-23)44-27-6-4-24(5-7-27)31(40)42-2/h3-8,17-19,25-26,30H,9-16,20-21H2,1-2H3/t30-/m0/s1. The molecule has 0 aliphatic carbocycles. The average Bonchev–Trinajstić information content (AvgIpc) is 3.40. The van der Waals surface area contributed by atoms with E-state index >= 15 is 4.39 Å². The molecule has 0 saturated carbocycles. The van der Waals surface area contributed by atoms with Crippen molar-refractivity contribution in [2.24, 2.45) is 0 Å². The van der Waals surface area contributed by atoms with Gasteiger partial charge in [-0.05, 0) is 74.7 Å². The summed E-state index contributed by atoms with van der Waals surface area (Å²) in [5, 5.41) is 0.634. The molecule has 3 saturated heterocycles. The van der Waals surface area contributed by atoms with Gasteiger partial charge < -0.3 is 19.3 Å². The number of nitrogens with zero attached hydrogens (tertiary/aromatic N) is 5. The van der Waals surface area contributed by atoms with Crippen LogP contribution in [0.3, 0.4) is 0 Å². The molecule has 0 spiro atoms. The first-order valence-electron chi connectivity index (χ1n) is 15.2. The maximum absolute atomic E-state index is 15.2. The molecule has 44 heavy (non-hydrogen) atoms. The Morgan fingerprint density at radius 3 is 2.41 bits per heavy atom. The number of esters is 1. The van der Waals surface area contributed by atoms with Gasteiger partial charge in [-0.2, -0.15) is 0 Å². The van der Waals surface area contributed by atoms with Crippen LogP contribution in [0, 0.1) is 12.7 Å². The van der Waals surface area contributed by atoms with Gasteiger partial charge in [0.25, 0.3) is 0 Å². The molecule has 4 heterocycles. The molecule has 2 amide bonds. The molecule has 1 aromatic heterocycles. The summed E-state index contributed by atoms with van der Waals surface area (Å²) >= 11 is 1.43. The smallest absolute Gasteiger partial charge is 0.337 e. The quantitative estimate of drug-likeness (QED) is 0.242. The molecule has 0 bridgehead atoms. The van der Waals surface area contributed by atoms with Crippen LogP contribution < -0.4 is 0 Å². The first-order valence-corrected chi connectivity index (χ1v) is 16.0. The molecule has 3 aliphatic rings. The third kappa shape index (κ3) is 6.74. The van der Waals surface area contributed by atoms with Gasteiger partial charge in [0.1, 0.15) is 5.82 Å². The number of aryl methyl sites for hydroxylation is 1. The van der Waals surface area contributed by atoms with Crippen molar-refractivity contribution in [3.05, 3.63) is 82.9 Å². The number of hydrogen-bond acceptors (Lipinski definition) is 8. The number of benzene rings is 2. The normalized spacial score (nSPS) is 20.3. The lowest BCUT2D eigenvalue weighted by molar-refractivity contribution is 0.0493. The summed E-state index contributed by atoms with van der Waals surface area (Å²) in [6.45, 7) is 6.19. The summed E-state index contributed by atoms with van der Waals surface area (Å²) in [6, 6.07) is 12.3. The Morgan fingerprint density at radius 1 is 1.02 bits per heavy atom. The van der Waals surface area contributed by atoms with Crippen molar-refractivity contribution < 1.29 is 23.5 Å². The topological polar surface area (TPSA) is 88.1 Å². The lowest BCUT2D eigenvalue weighted by atomic mass is 9.97. The van der Waals surface area contributed by atoms with Crippen molar-refractivity contribution in [3.63, 3.8) is 0 Å². The molecule has 6 rings (SSSR count). The highest BCUT2D eigenvalue weighted by atomic mass is 32.2. The first kappa shape index (κ1) is 30.5. The van der Waals surface area contributed by atoms with E-state index in [0.29, 0.717) is 36.0 Å². The number of ether oxygens (including phenoxy) is 2. The Kier molecular flexibility index (Phi) is 9.44. The fraction of sp³-hybridized carbons (Fsp3) is 0.455. The molecule has 3 fully saturated rings. The number of hydrogen-bond donors (Lipinski definition) is 0. The van der Waals surface area contributed by atoms with Crippen LogP contribution in [0.15, 0.2) is 64.9 Å². The zero-order valence-electron chi connectivity index (χ0n) is 25.2. The second-order valence-corrected chi connectivity index (χ2v) is 12.8. The Hall–Kier alpha value is -3.54. The third-order valence-electron chi connectivity index (χ3n) is 8.84. The van der Waals surface area contributed by atoms with Crippen molar-refractivity contribution in [2.75, 3.05) is 40.0 Å². The van der Waals surface area contributed by atoms with Gasteiger partial charge in [-0.15, -0.1) is 0 Å². The molecule has 2 aromatic carbocycles. The maximum atomic E-state index is 15.2. The first-order chi connectivity index (χ1) is 21.4. The van der Waals surface area contributed by atoms with Crippen LogP contribution in [-0.4, -0.2) is 88.7 Å². The summed E-state index contributed by atoms with van der Waals surface area (Å²) in [4.78, 5) is 41.9. The van der Waals surface area contributed by atoms with Crippen LogP contribution in [0.25, 0.3) is 0 Å². The fourth-order valence-corrected chi connectivity index (χ4v) is 7.18. The minimum absolute atomic E-state index is 0.0303. The minimum Gasteiger partial charge on any atom is -0.465 e. The van der Waals surface area contributed by atoms with E-state index < -0.39 is 0 Å². The predicted molar refractivity (Wildman–Crippen MR) is 164 cm³/mol. The van der Waals surface area contributed by atoms with Crippen molar-refractivity contribution in [2.45, 2.75) is 67.3 Å². The SMILES string of the molecule is COC(=O)c1ccc(Sc2ncc(CN3CCC(N4C(=O)N(C5CCOCC5)C[C@H]4c4cc(C)ccc4F)CC3)cn2)cc1. The summed E-state index contributed by atoms with van der Waals surface area (Å²) in [7, 11) is 1.36. The third-order valence-corrected chi connectivity index (χ3v) is 9.74. The molecule has 9 nitrogen and oxygen atoms in total. The summed E-state index contributed by atoms with van der Waals surface area (Å²) in [5.41, 5.74) is 3.14. The fourth-order valence-electron chi connectivity index (χ4n) is 6.49. The molecule has 0 N–H and O–H groups in total. The number of amides is 2. The predicted octanol–water partition coefficient (Wildman–Crippen LogP) is 5.48. The van der Waals surface area contributed by atoms with Crippen LogP contribution in [0.2, 0.25) is 0 Å². The molecular weight excluding hydrogens is 581 g/mol. The van der Waals surface area contributed by atoms with E-state index in [2.05, 4.69) is 14.9 Å². The number of rotatable bonds is 8. The molecule has 0 unspecified atom stereocenters. The van der Waals surface area contributed by atoms with E-state index in [1.807, 2.05) is 47.3 Å². The summed E-state index contributed by atoms with van der Waals surface area (Å²) < 4.78 is 25.5. The monoisotopic (exact) mass is 619 g/mol. The lowest BCUT2D eigenvalue weighted by Crippen LogP contribution is -2.48. The van der Waals surface area contributed by atoms with Gasteiger partial charge in [-0.25, -0.2) is 23.9 Å². The van der Waals surface area contributed by atoms with E-state index in [9.17, 15) is 9.59 Å². The highest BCUT2D eigenvalue weighted by Gasteiger charge is 2.46. The van der Waals surface area contributed by atoms with Crippen LogP contribution in [0.5, 0.6) is 0 Å². The summed E-state index contributed by atoms with van der Waals surface area (Å²) in [6.07, 6.45) is 7.01. The van der Waals surface area contributed by atoms with Crippen molar-refractivity contribution in [3.8, 4) is 0 Å². The number of urea groups is 1. The van der Waals surface area contributed by atoms with E-state index in [4.69, 9.17) is 9.47 Å². The van der Waals surface area contributed by atoms with E-state index in [1.54, 1.807) is 18.2 Å². The van der Waals surface area contributed by atoms with Gasteiger partial charge in [0.05, 0.1) is 18.7 Å². The Balaban J connectivity index is 1.08. The number of carbonyl (C=O) groups is 2. The van der Waals surface area contributed by atoms with Crippen molar-refractivity contribution >= 4 is 23.8 Å². The molecule has 11 heteroatoms. The second kappa shape index (κ2) is 13.6. The summed E-state index contributed by atoms with van der Waals surface area (Å²) in [5.74, 6) is -0.611. The van der Waals surface area contributed by atoms with Crippen LogP contribution in [0.4, 0.5) is 9.18 Å². The molecular formula is C33H38FN5O4S. The van der Waals surface area contributed by atoms with Crippen LogP contribution in [0.1, 0.15) is 58.8 Å². The highest BCUT2D eigenvalue weighted by Crippen LogP contribution is 2.38. The number of aromatic nitrogens is 2. The van der Waals surface area contributed by atoms with Crippen LogP contribution >= 0.6 is 11.8 Å². The van der Waals surface area contributed by atoms with E-state index in [1.165, 1.54) is 24.9 Å². The molecule has 3 aromatic rings. The van der Waals surface area contributed by atoms with Crippen molar-refractivity contribution in [1.82, 2.24) is 24.7 Å². The van der Waals surface area contributed by atoms with Gasteiger partial charge in [-0.1, -0.05) is 17.7 Å². The van der Waals surface area contributed by atoms with Gasteiger partial charge in [0, 0.05) is 79.9 Å². The minimum atomic E-state index is -0.366. The lowest BCUT2D eigenvalue weighted by Gasteiger charge is -2.39. The zero-order valence-corrected chi connectivity index (χ0v) is 26.0. The Labute approximate surface area is 261 Å². The zero-order chi connectivity index (χ0) is 30.6. The highest BCUT2D eigenvalue weighted by molar-refractivity contribution is 7.99. The Morgan fingerprint density at radius 2 is 1.73 bits per heavy atom. The second-order valence-electron chi connectivity index (χ2n) is 11.7. The molecule has 0 radical (unpaired) electrons. The van der Waals surface area contributed by atoms with E-state index in [0.717, 1.165) is 61.3 Å². The molecule has 3 aliphatic heterocycles. The number of methoxy groups -OCH3 is 1. The number of likely N-dealkylation sites (tertiary alicyclic amines) is 1. The van der Waals surface area contributed by atoms with Crippen molar-refractivity contribution in [1.29, 1.82) is 0 Å². The molecule has 1 atom stereocenters. The van der Waals surface area contributed by atoms with Gasteiger partial charge in [-0.3, -0.25) is 4.90 Å². The number of carbonyl (C=O) groups excluding carboxylic acids is 2. The number of piperidine rings is 1. The largest absolute Gasteiger partial charge is 0.465 e. The average molecular weight is 620 g/mol. The van der Waals surface area contributed by atoms with Gasteiger partial charge in [0.15, 0.2) is 5.16 Å². The van der Waals surface area contributed by atoms with Gasteiger partial charge in [0.2, 0.25) is 0 Å². The van der Waals surface area contributed by atoms with Crippen LogP contribution in [-0.2, 0) is 16.0 Å². The number of halogens is 1. The molecule has 232 valence electrons. The van der Waals surface area contributed by atoms with Gasteiger partial charge >= 0.3 is 12.0 Å². The Bertz CT molecular complexity index is 1460. The maximum Gasteiger partial charge on any atom is 0.337 e. The van der Waals surface area contributed by atoms with E-state index in [-0.39, 0.29) is 35.9 Å².